The number of hydrogen-bond donors (Lipinski definition) is 4. The summed E-state index contributed by atoms with van der Waals surface area (Å²) in [7, 11) is 0. The molecule has 232 valence electrons. The van der Waals surface area contributed by atoms with Crippen LogP contribution in [-0.2, 0) is 14.3 Å². The van der Waals surface area contributed by atoms with Crippen LogP contribution in [0.3, 0.4) is 0 Å². The average molecular weight is 612 g/mol. The summed E-state index contributed by atoms with van der Waals surface area (Å²) in [5.41, 5.74) is 4.88. The van der Waals surface area contributed by atoms with Gasteiger partial charge in [0.05, 0.1) is 55.4 Å². The van der Waals surface area contributed by atoms with E-state index in [-0.39, 0.29) is 17.4 Å². The van der Waals surface area contributed by atoms with Gasteiger partial charge in [0.2, 0.25) is 11.9 Å². The lowest BCUT2D eigenvalue weighted by molar-refractivity contribution is -0.111. The van der Waals surface area contributed by atoms with Crippen LogP contribution in [0.1, 0.15) is 0 Å². The number of benzene rings is 3. The zero-order chi connectivity index (χ0) is 31.2. The highest BCUT2D eigenvalue weighted by Gasteiger charge is 2.18. The van der Waals surface area contributed by atoms with Crippen LogP contribution in [-0.4, -0.2) is 73.6 Å². The third-order valence-corrected chi connectivity index (χ3v) is 7.58. The first-order valence-corrected chi connectivity index (χ1v) is 14.7. The normalized spacial score (nSPS) is 15.0. The molecule has 45 heavy (non-hydrogen) atoms. The summed E-state index contributed by atoms with van der Waals surface area (Å²) < 4.78 is 25.6. The first-order valence-electron chi connectivity index (χ1n) is 14.7. The second kappa shape index (κ2) is 13.6. The van der Waals surface area contributed by atoms with Crippen LogP contribution in [0, 0.1) is 5.82 Å². The van der Waals surface area contributed by atoms with Crippen molar-refractivity contribution in [3.8, 4) is 17.0 Å². The standard InChI is InChI=1S/C33H34FN7O4/c1-2-31(43)38-27-19-22(3-9-26(27)34)32-28(36-23-4-7-25(8-5-23)40-11-15-44-16-12-40)21-35-33(39-32)37-24-6-10-30(42)29(20-24)41-13-17-45-18-14-41/h2-10,19-21,36,42H,1,11-18H2,(H,38,43)(H,35,37,39). The van der Waals surface area contributed by atoms with Gasteiger partial charge in [0, 0.05) is 48.8 Å². The van der Waals surface area contributed by atoms with Gasteiger partial charge < -0.3 is 40.3 Å². The van der Waals surface area contributed by atoms with Crippen LogP contribution in [0.4, 0.5) is 44.5 Å². The van der Waals surface area contributed by atoms with Crippen molar-refractivity contribution in [3.05, 3.63) is 85.3 Å². The number of carbonyl (C=O) groups is 1. The van der Waals surface area contributed by atoms with Gasteiger partial charge in [0.15, 0.2) is 0 Å². The molecule has 0 radical (unpaired) electrons. The summed E-state index contributed by atoms with van der Waals surface area (Å²) in [6.45, 7) is 9.03. The molecule has 2 aliphatic heterocycles. The molecule has 2 aliphatic rings. The Labute approximate surface area is 260 Å². The summed E-state index contributed by atoms with van der Waals surface area (Å²) in [5, 5.41) is 19.7. The Morgan fingerprint density at radius 2 is 1.56 bits per heavy atom. The highest BCUT2D eigenvalue weighted by atomic mass is 19.1. The minimum absolute atomic E-state index is 0.0000213. The van der Waals surface area contributed by atoms with Crippen LogP contribution < -0.4 is 25.8 Å². The predicted molar refractivity (Wildman–Crippen MR) is 173 cm³/mol. The lowest BCUT2D eigenvalue weighted by Gasteiger charge is -2.29. The van der Waals surface area contributed by atoms with Crippen molar-refractivity contribution in [1.29, 1.82) is 0 Å². The molecule has 11 nitrogen and oxygen atoms in total. The number of carbonyl (C=O) groups excluding carboxylic acids is 1. The molecule has 2 fully saturated rings. The SMILES string of the molecule is C=CC(=O)Nc1cc(-c2nc(Nc3ccc(O)c(N4CCOCC4)c3)ncc2Nc2ccc(N3CCOCC3)cc2)ccc1F. The maximum Gasteiger partial charge on any atom is 0.247 e. The van der Waals surface area contributed by atoms with E-state index < -0.39 is 11.7 Å². The topological polar surface area (TPSA) is 124 Å². The highest BCUT2D eigenvalue weighted by Crippen LogP contribution is 2.35. The fraction of sp³-hybridized carbons (Fsp3) is 0.242. The molecule has 3 heterocycles. The number of ether oxygens (including phenoxy) is 2. The monoisotopic (exact) mass is 611 g/mol. The maximum absolute atomic E-state index is 14.7. The van der Waals surface area contributed by atoms with Gasteiger partial charge >= 0.3 is 0 Å². The average Bonchev–Trinajstić information content (AvgIpc) is 3.08. The Morgan fingerprint density at radius 1 is 0.867 bits per heavy atom. The maximum atomic E-state index is 14.7. The van der Waals surface area contributed by atoms with E-state index in [0.29, 0.717) is 67.8 Å². The van der Waals surface area contributed by atoms with Gasteiger partial charge in [0.1, 0.15) is 11.6 Å². The van der Waals surface area contributed by atoms with Gasteiger partial charge in [-0.3, -0.25) is 4.79 Å². The van der Waals surface area contributed by atoms with Crippen molar-refractivity contribution >= 4 is 46.0 Å². The number of morpholine rings is 2. The van der Waals surface area contributed by atoms with Crippen molar-refractivity contribution < 1.29 is 23.8 Å². The zero-order valence-electron chi connectivity index (χ0n) is 24.6. The number of rotatable bonds is 9. The second-order valence-corrected chi connectivity index (χ2v) is 10.5. The summed E-state index contributed by atoms with van der Waals surface area (Å²) in [5.74, 6) is -0.658. The zero-order valence-corrected chi connectivity index (χ0v) is 24.6. The fourth-order valence-corrected chi connectivity index (χ4v) is 5.23. The molecule has 1 aromatic heterocycles. The largest absolute Gasteiger partial charge is 0.506 e. The van der Waals surface area contributed by atoms with Gasteiger partial charge in [-0.15, -0.1) is 0 Å². The minimum atomic E-state index is -0.589. The molecule has 0 bridgehead atoms. The first kappa shape index (κ1) is 29.9. The third-order valence-electron chi connectivity index (χ3n) is 7.58. The van der Waals surface area contributed by atoms with E-state index in [1.54, 1.807) is 24.4 Å². The quantitative estimate of drug-likeness (QED) is 0.147. The summed E-state index contributed by atoms with van der Waals surface area (Å²) in [6, 6.07) is 17.6. The lowest BCUT2D eigenvalue weighted by atomic mass is 10.1. The van der Waals surface area contributed by atoms with Crippen LogP contribution in [0.25, 0.3) is 11.3 Å². The van der Waals surface area contributed by atoms with Gasteiger partial charge in [-0.25, -0.2) is 14.4 Å². The molecule has 12 heteroatoms. The summed E-state index contributed by atoms with van der Waals surface area (Å²) in [6.07, 6.45) is 2.73. The molecule has 2 saturated heterocycles. The van der Waals surface area contributed by atoms with E-state index in [4.69, 9.17) is 14.5 Å². The van der Waals surface area contributed by atoms with Gasteiger partial charge in [-0.1, -0.05) is 6.58 Å². The van der Waals surface area contributed by atoms with Crippen molar-refractivity contribution in [3.63, 3.8) is 0 Å². The molecule has 4 aromatic rings. The Bertz CT molecular complexity index is 1670. The van der Waals surface area contributed by atoms with Gasteiger partial charge in [-0.2, -0.15) is 0 Å². The number of anilines is 7. The van der Waals surface area contributed by atoms with E-state index in [1.165, 1.54) is 12.1 Å². The van der Waals surface area contributed by atoms with E-state index in [1.807, 2.05) is 30.3 Å². The van der Waals surface area contributed by atoms with Gasteiger partial charge in [0.25, 0.3) is 0 Å². The number of nitrogens with one attached hydrogen (secondary N) is 3. The molecule has 0 spiro atoms. The Balaban J connectivity index is 1.32. The Hall–Kier alpha value is -5.20. The van der Waals surface area contributed by atoms with Crippen LogP contribution >= 0.6 is 0 Å². The second-order valence-electron chi connectivity index (χ2n) is 10.5. The molecular formula is C33H34FN7O4. The number of nitrogens with zero attached hydrogens (tertiary/aromatic N) is 4. The van der Waals surface area contributed by atoms with E-state index in [9.17, 15) is 14.3 Å². The summed E-state index contributed by atoms with van der Waals surface area (Å²) in [4.78, 5) is 25.7. The Kier molecular flexibility index (Phi) is 9.04. The van der Waals surface area contributed by atoms with Crippen molar-refractivity contribution in [2.24, 2.45) is 0 Å². The first-order chi connectivity index (χ1) is 22.0. The molecule has 1 amide bonds. The molecular weight excluding hydrogens is 577 g/mol. The molecule has 3 aromatic carbocycles. The number of halogens is 1. The molecule has 0 unspecified atom stereocenters. The highest BCUT2D eigenvalue weighted by molar-refractivity contribution is 5.99. The molecule has 6 rings (SSSR count). The molecule has 0 atom stereocenters. The van der Waals surface area contributed by atoms with Crippen molar-refractivity contribution in [2.45, 2.75) is 0 Å². The van der Waals surface area contributed by atoms with E-state index >= 15 is 0 Å². The van der Waals surface area contributed by atoms with Crippen molar-refractivity contribution in [1.82, 2.24) is 9.97 Å². The fourth-order valence-electron chi connectivity index (χ4n) is 5.23. The number of amides is 1. The predicted octanol–water partition coefficient (Wildman–Crippen LogP) is 5.27. The van der Waals surface area contributed by atoms with Gasteiger partial charge in [-0.05, 0) is 66.7 Å². The molecule has 0 saturated carbocycles. The third kappa shape index (κ3) is 7.14. The van der Waals surface area contributed by atoms with E-state index in [0.717, 1.165) is 30.5 Å². The van der Waals surface area contributed by atoms with Crippen LogP contribution in [0.5, 0.6) is 5.75 Å². The molecule has 0 aliphatic carbocycles. The number of phenols is 1. The minimum Gasteiger partial charge on any atom is -0.506 e. The number of hydrogen-bond acceptors (Lipinski definition) is 10. The summed E-state index contributed by atoms with van der Waals surface area (Å²) >= 11 is 0. The van der Waals surface area contributed by atoms with E-state index in [2.05, 4.69) is 37.3 Å². The smallest absolute Gasteiger partial charge is 0.247 e. The van der Waals surface area contributed by atoms with Crippen LogP contribution in [0.2, 0.25) is 0 Å². The van der Waals surface area contributed by atoms with Crippen molar-refractivity contribution in [2.75, 3.05) is 78.4 Å². The Morgan fingerprint density at radius 3 is 2.27 bits per heavy atom. The number of phenolic OH excluding ortho intramolecular Hbond substituents is 1. The number of aromatic nitrogens is 2. The van der Waals surface area contributed by atoms with Crippen LogP contribution in [0.15, 0.2) is 79.5 Å². The lowest BCUT2D eigenvalue weighted by Crippen LogP contribution is -2.36. The molecule has 4 N–H and O–H groups in total. The number of aromatic hydroxyl groups is 1.